The van der Waals surface area contributed by atoms with Crippen LogP contribution in [0, 0.1) is 11.3 Å². The fourth-order valence-electron chi connectivity index (χ4n) is 2.64. The maximum Gasteiger partial charge on any atom is 0.226 e. The molecule has 0 aliphatic carbocycles. The average Bonchev–Trinajstić information content (AvgIpc) is 2.67. The smallest absolute Gasteiger partial charge is 0.226 e. The lowest BCUT2D eigenvalue weighted by Crippen LogP contribution is -2.51. The second-order valence-electron chi connectivity index (χ2n) is 4.78. The van der Waals surface area contributed by atoms with E-state index in [-0.39, 0.29) is 6.04 Å². The van der Waals surface area contributed by atoms with E-state index < -0.39 is 6.10 Å². The van der Waals surface area contributed by atoms with Crippen LogP contribution in [0.15, 0.2) is 18.6 Å². The summed E-state index contributed by atoms with van der Waals surface area (Å²) >= 11 is 0. The van der Waals surface area contributed by atoms with Gasteiger partial charge in [0, 0.05) is 6.20 Å². The maximum absolute atomic E-state index is 9.06. The van der Waals surface area contributed by atoms with Crippen LogP contribution in [0.1, 0.15) is 0 Å². The number of fused-ring (bicyclic) bond motifs is 2. The summed E-state index contributed by atoms with van der Waals surface area (Å²) in [7, 11) is 0. The van der Waals surface area contributed by atoms with Gasteiger partial charge in [0.25, 0.3) is 0 Å². The van der Waals surface area contributed by atoms with Crippen LogP contribution in [0.5, 0.6) is 5.88 Å². The van der Waals surface area contributed by atoms with Crippen LogP contribution in [0.4, 0.5) is 5.82 Å². The number of pyridine rings is 1. The standard InChI is InChI=1S/C13H11N5O2/c14-3-9-4-18-8(5-19-9)6-20-13-11-10(1-2-15-13)16-7-17-12(11)18/h1-2,7-9H,4-6H2. The third-order valence-corrected chi connectivity index (χ3v) is 3.62. The van der Waals surface area contributed by atoms with Crippen molar-refractivity contribution in [1.82, 2.24) is 15.0 Å². The Kier molecular flexibility index (Phi) is 2.44. The first-order valence-corrected chi connectivity index (χ1v) is 6.37. The molecule has 0 aromatic carbocycles. The molecular weight excluding hydrogens is 258 g/mol. The molecule has 0 spiro atoms. The van der Waals surface area contributed by atoms with Crippen LogP contribution in [-0.2, 0) is 4.74 Å². The Morgan fingerprint density at radius 2 is 2.25 bits per heavy atom. The van der Waals surface area contributed by atoms with Gasteiger partial charge in [-0.25, -0.2) is 15.0 Å². The van der Waals surface area contributed by atoms with Crippen LogP contribution < -0.4 is 9.64 Å². The second kappa shape index (κ2) is 4.28. The Morgan fingerprint density at radius 3 is 3.15 bits per heavy atom. The molecule has 0 N–H and O–H groups in total. The minimum absolute atomic E-state index is 0.0342. The molecule has 2 atom stereocenters. The zero-order valence-corrected chi connectivity index (χ0v) is 10.6. The summed E-state index contributed by atoms with van der Waals surface area (Å²) in [5.41, 5.74) is 0.792. The van der Waals surface area contributed by atoms with E-state index in [0.29, 0.717) is 25.6 Å². The molecule has 1 fully saturated rings. The van der Waals surface area contributed by atoms with Gasteiger partial charge in [-0.1, -0.05) is 0 Å². The SMILES string of the molecule is N#CC1CN2c3ncnc4ccnc(c34)OCC2CO1. The number of rotatable bonds is 0. The number of nitrogens with zero attached hydrogens (tertiary/aromatic N) is 5. The van der Waals surface area contributed by atoms with Crippen LogP contribution in [0.2, 0.25) is 0 Å². The molecule has 0 radical (unpaired) electrons. The van der Waals surface area contributed by atoms with E-state index in [9.17, 15) is 0 Å². The number of aromatic nitrogens is 3. The van der Waals surface area contributed by atoms with Gasteiger partial charge in [-0.05, 0) is 6.07 Å². The van der Waals surface area contributed by atoms with Gasteiger partial charge in [-0.15, -0.1) is 0 Å². The summed E-state index contributed by atoms with van der Waals surface area (Å²) in [5.74, 6) is 1.31. The lowest BCUT2D eigenvalue weighted by Gasteiger charge is -2.36. The molecule has 100 valence electrons. The first kappa shape index (κ1) is 11.4. The van der Waals surface area contributed by atoms with Gasteiger partial charge < -0.3 is 14.4 Å². The molecule has 4 heterocycles. The summed E-state index contributed by atoms with van der Waals surface area (Å²) in [6, 6.07) is 4.01. The monoisotopic (exact) mass is 269 g/mol. The van der Waals surface area contributed by atoms with E-state index in [4.69, 9.17) is 14.7 Å². The van der Waals surface area contributed by atoms with E-state index in [1.807, 2.05) is 6.07 Å². The van der Waals surface area contributed by atoms with Gasteiger partial charge in [0.2, 0.25) is 5.88 Å². The first-order valence-electron chi connectivity index (χ1n) is 6.37. The quantitative estimate of drug-likeness (QED) is 0.689. The highest BCUT2D eigenvalue weighted by atomic mass is 16.5. The summed E-state index contributed by atoms with van der Waals surface area (Å²) in [6.45, 7) is 1.38. The van der Waals surface area contributed by atoms with Crippen molar-refractivity contribution in [2.45, 2.75) is 12.1 Å². The summed E-state index contributed by atoms with van der Waals surface area (Å²) in [4.78, 5) is 15.0. The molecular formula is C13H11N5O2. The van der Waals surface area contributed by atoms with Crippen LogP contribution in [0.25, 0.3) is 10.9 Å². The van der Waals surface area contributed by atoms with Crippen molar-refractivity contribution in [2.24, 2.45) is 0 Å². The molecule has 2 aromatic heterocycles. The Labute approximate surface area is 114 Å². The van der Waals surface area contributed by atoms with Crippen LogP contribution in [-0.4, -0.2) is 46.9 Å². The fraction of sp³-hybridized carbons (Fsp3) is 0.385. The highest BCUT2D eigenvalue weighted by Gasteiger charge is 2.34. The largest absolute Gasteiger partial charge is 0.475 e. The van der Waals surface area contributed by atoms with E-state index in [2.05, 4.69) is 25.9 Å². The van der Waals surface area contributed by atoms with E-state index >= 15 is 0 Å². The third kappa shape index (κ3) is 1.58. The third-order valence-electron chi connectivity index (χ3n) is 3.62. The predicted octanol–water partition coefficient (Wildman–Crippen LogP) is 0.515. The van der Waals surface area contributed by atoms with Crippen molar-refractivity contribution in [3.8, 4) is 11.9 Å². The molecule has 0 bridgehead atoms. The second-order valence-corrected chi connectivity index (χ2v) is 4.78. The molecule has 0 saturated carbocycles. The molecule has 2 aliphatic rings. The van der Waals surface area contributed by atoms with E-state index in [1.54, 1.807) is 6.20 Å². The van der Waals surface area contributed by atoms with Crippen molar-refractivity contribution in [3.05, 3.63) is 18.6 Å². The maximum atomic E-state index is 9.06. The van der Waals surface area contributed by atoms with Gasteiger partial charge in [-0.3, -0.25) is 0 Å². The molecule has 2 unspecified atom stereocenters. The minimum Gasteiger partial charge on any atom is -0.475 e. The van der Waals surface area contributed by atoms with E-state index in [1.165, 1.54) is 6.33 Å². The molecule has 0 amide bonds. The molecule has 7 heteroatoms. The number of anilines is 1. The number of hydrogen-bond donors (Lipinski definition) is 0. The Balaban J connectivity index is 1.91. The number of morpholine rings is 1. The summed E-state index contributed by atoms with van der Waals surface area (Å²) in [5, 5.41) is 9.86. The number of ether oxygens (including phenoxy) is 2. The molecule has 1 saturated heterocycles. The van der Waals surface area contributed by atoms with Crippen molar-refractivity contribution < 1.29 is 9.47 Å². The van der Waals surface area contributed by atoms with Crippen molar-refractivity contribution in [1.29, 1.82) is 5.26 Å². The molecule has 7 nitrogen and oxygen atoms in total. The zero-order chi connectivity index (χ0) is 13.5. The van der Waals surface area contributed by atoms with Crippen LogP contribution in [0.3, 0.4) is 0 Å². The van der Waals surface area contributed by atoms with Crippen LogP contribution >= 0.6 is 0 Å². The molecule has 4 rings (SSSR count). The fourth-order valence-corrected chi connectivity index (χ4v) is 2.64. The number of hydrogen-bond acceptors (Lipinski definition) is 7. The molecule has 2 aliphatic heterocycles. The lowest BCUT2D eigenvalue weighted by molar-refractivity contribution is 0.0402. The Morgan fingerprint density at radius 1 is 1.30 bits per heavy atom. The Hall–Kier alpha value is -2.46. The topological polar surface area (TPSA) is 84.2 Å². The van der Waals surface area contributed by atoms with Gasteiger partial charge in [0.1, 0.15) is 24.1 Å². The predicted molar refractivity (Wildman–Crippen MR) is 69.3 cm³/mol. The molecule has 2 aromatic rings. The average molecular weight is 269 g/mol. The summed E-state index contributed by atoms with van der Waals surface area (Å²) < 4.78 is 11.3. The van der Waals surface area contributed by atoms with Gasteiger partial charge in [-0.2, -0.15) is 5.26 Å². The van der Waals surface area contributed by atoms with Gasteiger partial charge >= 0.3 is 0 Å². The highest BCUT2D eigenvalue weighted by Crippen LogP contribution is 2.34. The van der Waals surface area contributed by atoms with Crippen molar-refractivity contribution >= 4 is 16.7 Å². The zero-order valence-electron chi connectivity index (χ0n) is 10.6. The normalized spacial score (nSPS) is 24.4. The van der Waals surface area contributed by atoms with Crippen molar-refractivity contribution in [3.63, 3.8) is 0 Å². The minimum atomic E-state index is -0.450. The van der Waals surface area contributed by atoms with E-state index in [0.717, 1.165) is 16.7 Å². The Bertz CT molecular complexity index is 708. The van der Waals surface area contributed by atoms with Crippen molar-refractivity contribution in [2.75, 3.05) is 24.7 Å². The first-order chi connectivity index (χ1) is 9.86. The lowest BCUT2D eigenvalue weighted by atomic mass is 10.1. The van der Waals surface area contributed by atoms with Gasteiger partial charge in [0.05, 0.1) is 30.8 Å². The highest BCUT2D eigenvalue weighted by molar-refractivity contribution is 5.94. The summed E-state index contributed by atoms with van der Waals surface area (Å²) in [6.07, 6.45) is 2.75. The number of nitriles is 1. The van der Waals surface area contributed by atoms with Gasteiger partial charge in [0.15, 0.2) is 6.10 Å². The molecule has 20 heavy (non-hydrogen) atoms.